The van der Waals surface area contributed by atoms with Gasteiger partial charge in [0.1, 0.15) is 0 Å². The zero-order valence-corrected chi connectivity index (χ0v) is 9.75. The molecule has 1 N–H and O–H groups in total. The molecule has 0 spiro atoms. The Morgan fingerprint density at radius 1 is 1.07 bits per heavy atom. The number of sulfonamides is 1. The maximum Gasteiger partial charge on any atom is 0.214 e. The lowest BCUT2D eigenvalue weighted by Crippen LogP contribution is -2.40. The highest BCUT2D eigenvalue weighted by Gasteiger charge is 2.33. The van der Waals surface area contributed by atoms with Gasteiger partial charge in [0.25, 0.3) is 0 Å². The Kier molecular flexibility index (Phi) is 3.33. The average molecular weight is 233 g/mol. The standard InChI is InChI=1S/C10H19NO3S/c12-7-9-3-5-11(6-4-9)15(13,14)8-10-1-2-10/h9-10,12H,1-8H2. The topological polar surface area (TPSA) is 57.6 Å². The summed E-state index contributed by atoms with van der Waals surface area (Å²) in [7, 11) is -3.00. The Labute approximate surface area is 91.3 Å². The van der Waals surface area contributed by atoms with Gasteiger partial charge in [0.2, 0.25) is 10.0 Å². The normalized spacial score (nSPS) is 25.7. The molecule has 0 bridgehead atoms. The molecule has 5 heteroatoms. The van der Waals surface area contributed by atoms with E-state index >= 15 is 0 Å². The highest BCUT2D eigenvalue weighted by atomic mass is 32.2. The molecule has 1 saturated heterocycles. The van der Waals surface area contributed by atoms with E-state index < -0.39 is 10.0 Å². The van der Waals surface area contributed by atoms with E-state index in [1.165, 1.54) is 0 Å². The van der Waals surface area contributed by atoms with Crippen LogP contribution in [0.3, 0.4) is 0 Å². The molecule has 0 amide bonds. The molecule has 0 aromatic rings. The number of aliphatic hydroxyl groups excluding tert-OH is 1. The Morgan fingerprint density at radius 2 is 1.67 bits per heavy atom. The van der Waals surface area contributed by atoms with Crippen molar-refractivity contribution >= 4 is 10.0 Å². The Balaban J connectivity index is 1.88. The van der Waals surface area contributed by atoms with Crippen molar-refractivity contribution in [1.82, 2.24) is 4.31 Å². The third-order valence-corrected chi connectivity index (χ3v) is 5.41. The Hall–Kier alpha value is -0.130. The summed E-state index contributed by atoms with van der Waals surface area (Å²) in [5, 5.41) is 8.97. The third-order valence-electron chi connectivity index (χ3n) is 3.37. The fraction of sp³-hybridized carbons (Fsp3) is 1.00. The molecular weight excluding hydrogens is 214 g/mol. The zero-order chi connectivity index (χ0) is 10.9. The average Bonchev–Trinajstić information content (AvgIpc) is 3.01. The first-order valence-electron chi connectivity index (χ1n) is 5.70. The second-order valence-corrected chi connectivity index (χ2v) is 6.76. The van der Waals surface area contributed by atoms with Crippen LogP contribution in [0.2, 0.25) is 0 Å². The minimum atomic E-state index is -3.00. The van der Waals surface area contributed by atoms with Gasteiger partial charge in [-0.05, 0) is 37.5 Å². The molecule has 2 aliphatic rings. The third kappa shape index (κ3) is 2.92. The molecule has 0 atom stereocenters. The summed E-state index contributed by atoms with van der Waals surface area (Å²) in [6.07, 6.45) is 3.76. The minimum absolute atomic E-state index is 0.191. The van der Waals surface area contributed by atoms with Crippen LogP contribution in [0.1, 0.15) is 25.7 Å². The van der Waals surface area contributed by atoms with Crippen LogP contribution in [0.4, 0.5) is 0 Å². The van der Waals surface area contributed by atoms with Crippen molar-refractivity contribution < 1.29 is 13.5 Å². The second kappa shape index (κ2) is 4.39. The fourth-order valence-electron chi connectivity index (χ4n) is 2.06. The molecule has 15 heavy (non-hydrogen) atoms. The van der Waals surface area contributed by atoms with Crippen LogP contribution in [0.5, 0.6) is 0 Å². The van der Waals surface area contributed by atoms with Gasteiger partial charge in [-0.25, -0.2) is 12.7 Å². The molecule has 0 aromatic heterocycles. The Bertz CT molecular complexity index is 303. The van der Waals surface area contributed by atoms with Crippen molar-refractivity contribution in [3.05, 3.63) is 0 Å². The highest BCUT2D eigenvalue weighted by Crippen LogP contribution is 2.32. The second-order valence-electron chi connectivity index (χ2n) is 4.75. The lowest BCUT2D eigenvalue weighted by molar-refractivity contribution is 0.170. The van der Waals surface area contributed by atoms with E-state index in [2.05, 4.69) is 0 Å². The maximum atomic E-state index is 11.9. The number of rotatable bonds is 4. The molecule has 88 valence electrons. The smallest absolute Gasteiger partial charge is 0.214 e. The van der Waals surface area contributed by atoms with Crippen LogP contribution in [-0.4, -0.2) is 43.3 Å². The van der Waals surface area contributed by atoms with Crippen LogP contribution in [0, 0.1) is 11.8 Å². The molecule has 4 nitrogen and oxygen atoms in total. The summed E-state index contributed by atoms with van der Waals surface area (Å²) in [5.41, 5.74) is 0. The van der Waals surface area contributed by atoms with Crippen molar-refractivity contribution in [3.63, 3.8) is 0 Å². The lowest BCUT2D eigenvalue weighted by atomic mass is 10.00. The molecule has 1 aliphatic heterocycles. The van der Waals surface area contributed by atoms with E-state index in [0.717, 1.165) is 25.7 Å². The minimum Gasteiger partial charge on any atom is -0.396 e. The van der Waals surface area contributed by atoms with Gasteiger partial charge in [0.05, 0.1) is 5.75 Å². The summed E-state index contributed by atoms with van der Waals surface area (Å²) in [6.45, 7) is 1.39. The summed E-state index contributed by atoms with van der Waals surface area (Å²) in [4.78, 5) is 0. The quantitative estimate of drug-likeness (QED) is 0.766. The van der Waals surface area contributed by atoms with Crippen LogP contribution < -0.4 is 0 Å². The molecule has 1 heterocycles. The van der Waals surface area contributed by atoms with E-state index in [1.807, 2.05) is 0 Å². The summed E-state index contributed by atoms with van der Waals surface area (Å²) in [5.74, 6) is 1.07. The SMILES string of the molecule is O=S(=O)(CC1CC1)N1CCC(CO)CC1. The van der Waals surface area contributed by atoms with Crippen molar-refractivity contribution in [2.75, 3.05) is 25.4 Å². The van der Waals surface area contributed by atoms with Crippen LogP contribution >= 0.6 is 0 Å². The van der Waals surface area contributed by atoms with Crippen molar-refractivity contribution in [1.29, 1.82) is 0 Å². The maximum absolute atomic E-state index is 11.9. The molecule has 0 unspecified atom stereocenters. The summed E-state index contributed by atoms with van der Waals surface area (Å²) in [6, 6.07) is 0. The first kappa shape index (κ1) is 11.4. The van der Waals surface area contributed by atoms with Gasteiger partial charge in [-0.2, -0.15) is 0 Å². The lowest BCUT2D eigenvalue weighted by Gasteiger charge is -2.30. The highest BCUT2D eigenvalue weighted by molar-refractivity contribution is 7.89. The predicted molar refractivity (Wildman–Crippen MR) is 57.9 cm³/mol. The summed E-state index contributed by atoms with van der Waals surface area (Å²) < 4.78 is 25.4. The van der Waals surface area contributed by atoms with Gasteiger partial charge in [0.15, 0.2) is 0 Å². The van der Waals surface area contributed by atoms with Crippen molar-refractivity contribution in [2.24, 2.45) is 11.8 Å². The van der Waals surface area contributed by atoms with Crippen molar-refractivity contribution in [2.45, 2.75) is 25.7 Å². The van der Waals surface area contributed by atoms with Crippen LogP contribution in [0.15, 0.2) is 0 Å². The Morgan fingerprint density at radius 3 is 2.13 bits per heavy atom. The van der Waals surface area contributed by atoms with Crippen LogP contribution in [-0.2, 0) is 10.0 Å². The largest absolute Gasteiger partial charge is 0.396 e. The van der Waals surface area contributed by atoms with Crippen LogP contribution in [0.25, 0.3) is 0 Å². The van der Waals surface area contributed by atoms with Gasteiger partial charge < -0.3 is 5.11 Å². The number of hydrogen-bond acceptors (Lipinski definition) is 3. The number of aliphatic hydroxyl groups is 1. The van der Waals surface area contributed by atoms with Crippen molar-refractivity contribution in [3.8, 4) is 0 Å². The number of hydrogen-bond donors (Lipinski definition) is 1. The van der Waals surface area contributed by atoms with E-state index in [1.54, 1.807) is 4.31 Å². The monoisotopic (exact) mass is 233 g/mol. The van der Waals surface area contributed by atoms with E-state index in [-0.39, 0.29) is 6.61 Å². The van der Waals surface area contributed by atoms with Gasteiger partial charge >= 0.3 is 0 Å². The van der Waals surface area contributed by atoms with Gasteiger partial charge in [-0.3, -0.25) is 0 Å². The molecule has 2 rings (SSSR count). The van der Waals surface area contributed by atoms with Gasteiger partial charge in [-0.1, -0.05) is 0 Å². The number of nitrogens with zero attached hydrogens (tertiary/aromatic N) is 1. The molecular formula is C10H19NO3S. The summed E-state index contributed by atoms with van der Waals surface area (Å²) >= 11 is 0. The van der Waals surface area contributed by atoms with Gasteiger partial charge in [0, 0.05) is 19.7 Å². The fourth-order valence-corrected chi connectivity index (χ4v) is 3.96. The van der Waals surface area contributed by atoms with Gasteiger partial charge in [-0.15, -0.1) is 0 Å². The van der Waals surface area contributed by atoms with E-state index in [4.69, 9.17) is 5.11 Å². The molecule has 2 fully saturated rings. The first-order valence-corrected chi connectivity index (χ1v) is 7.31. The zero-order valence-electron chi connectivity index (χ0n) is 8.93. The molecule has 1 aliphatic carbocycles. The number of piperidine rings is 1. The first-order chi connectivity index (χ1) is 7.12. The molecule has 0 radical (unpaired) electrons. The molecule has 1 saturated carbocycles. The van der Waals surface area contributed by atoms with E-state index in [9.17, 15) is 8.42 Å². The molecule has 0 aromatic carbocycles. The van der Waals surface area contributed by atoms with E-state index in [0.29, 0.717) is 30.7 Å². The predicted octanol–water partition coefficient (Wildman–Crippen LogP) is 0.430.